The molecule has 0 saturated carbocycles. The van der Waals surface area contributed by atoms with Gasteiger partial charge in [-0.1, -0.05) is 123 Å². The molecule has 0 spiro atoms. The van der Waals surface area contributed by atoms with Gasteiger partial charge in [0.1, 0.15) is 5.78 Å². The van der Waals surface area contributed by atoms with Gasteiger partial charge in [0.2, 0.25) is 11.8 Å². The van der Waals surface area contributed by atoms with Crippen molar-refractivity contribution in [2.45, 2.75) is 225 Å². The Morgan fingerprint density at radius 2 is 0.655 bits per heavy atom. The number of ketones is 1. The SMILES string of the molecule is C.C.C.C.C.C.C.C.C.C.CCC(=O)CC.CCC(=O)N(C)CC.CCN(C)C(=O)N(C)CC.CCN(C)C(=O)OC.CCN(C)C(=S)N(C)CC.CCN(C)C(C)=O.CCN(C)CC.CCOC(=O)N(C)CC.CCOCC.CCSCC. The third-order valence-electron chi connectivity index (χ3n) is 10.1. The number of carbonyl (C=O) groups is 6. The van der Waals surface area contributed by atoms with Crippen molar-refractivity contribution in [1.82, 2.24) is 44.1 Å². The molecule has 530 valence electrons. The average molecular weight is 1270 g/mol. The van der Waals surface area contributed by atoms with Crippen LogP contribution in [0.25, 0.3) is 0 Å². The Hall–Kier alpha value is -3.62. The quantitative estimate of drug-likeness (QED) is 0.119. The molecule has 0 bridgehead atoms. The minimum Gasteiger partial charge on any atom is -0.453 e. The van der Waals surface area contributed by atoms with E-state index in [0.29, 0.717) is 44.7 Å². The van der Waals surface area contributed by atoms with E-state index in [2.05, 4.69) is 72.8 Å². The lowest BCUT2D eigenvalue weighted by Gasteiger charge is -2.25. The lowest BCUT2D eigenvalue weighted by atomic mass is 10.3. The van der Waals surface area contributed by atoms with Crippen molar-refractivity contribution < 1.29 is 43.0 Å². The number of amides is 6. The maximum absolute atomic E-state index is 11.2. The first-order valence-corrected chi connectivity index (χ1v) is 28.5. The third kappa shape index (κ3) is 117. The van der Waals surface area contributed by atoms with Crippen LogP contribution in [0.3, 0.4) is 0 Å². The van der Waals surface area contributed by atoms with Crippen molar-refractivity contribution in [2.75, 3.05) is 167 Å². The van der Waals surface area contributed by atoms with Crippen LogP contribution < -0.4 is 0 Å². The van der Waals surface area contributed by atoms with E-state index in [1.54, 1.807) is 68.7 Å². The van der Waals surface area contributed by atoms with E-state index in [1.165, 1.54) is 28.4 Å². The largest absolute Gasteiger partial charge is 0.453 e. The molecule has 0 unspecified atom stereocenters. The number of nitrogens with zero attached hydrogens (tertiary/aromatic N) is 9. The number of thioether (sulfide) groups is 1. The minimum absolute atomic E-state index is 0. The highest BCUT2D eigenvalue weighted by molar-refractivity contribution is 7.99. The second-order valence-corrected chi connectivity index (χ2v) is 17.3. The fraction of sp³-hybridized carbons (Fsp3) is 0.891. The van der Waals surface area contributed by atoms with Crippen LogP contribution >= 0.6 is 24.0 Å². The van der Waals surface area contributed by atoms with Gasteiger partial charge in [-0.15, -0.1) is 0 Å². The summed E-state index contributed by atoms with van der Waals surface area (Å²) in [5.74, 6) is 3.21. The Labute approximate surface area is 541 Å². The predicted octanol–water partition coefficient (Wildman–Crippen LogP) is 16.8. The third-order valence-corrected chi connectivity index (χ3v) is 11.6. The fourth-order valence-electron chi connectivity index (χ4n) is 3.32. The van der Waals surface area contributed by atoms with Gasteiger partial charge in [-0.05, 0) is 120 Å². The highest BCUT2D eigenvalue weighted by atomic mass is 32.2. The molecule has 0 heterocycles. The Morgan fingerprint density at radius 1 is 0.369 bits per heavy atom. The van der Waals surface area contributed by atoms with Gasteiger partial charge in [-0.3, -0.25) is 14.4 Å². The zero-order valence-corrected chi connectivity index (χ0v) is 55.4. The summed E-state index contributed by atoms with van der Waals surface area (Å²) >= 11 is 7.11. The van der Waals surface area contributed by atoms with Gasteiger partial charge in [0.25, 0.3) is 0 Å². The minimum atomic E-state index is -0.285. The molecule has 0 aliphatic carbocycles. The van der Waals surface area contributed by atoms with Gasteiger partial charge < -0.3 is 58.3 Å². The van der Waals surface area contributed by atoms with E-state index in [-0.39, 0.29) is 104 Å². The summed E-state index contributed by atoms with van der Waals surface area (Å²) in [6.45, 7) is 48.4. The molecule has 0 N–H and O–H groups in total. The van der Waals surface area contributed by atoms with Gasteiger partial charge >= 0.3 is 18.2 Å². The molecule has 0 aliphatic heterocycles. The smallest absolute Gasteiger partial charge is 0.409 e. The zero-order valence-electron chi connectivity index (χ0n) is 53.7. The van der Waals surface area contributed by atoms with Crippen molar-refractivity contribution >= 4 is 64.9 Å². The van der Waals surface area contributed by atoms with E-state index < -0.39 is 0 Å². The summed E-state index contributed by atoms with van der Waals surface area (Å²) in [4.78, 5) is 79.5. The molecule has 0 aromatic heterocycles. The zero-order chi connectivity index (χ0) is 60.8. The standard InChI is InChI=1S/C7H16N2O.C7H16N2S.C6H13NO2.C6H13NO.C5H11NO2.C5H11NO.C5H13N.C5H10O.C4H10O.C4H10S.10CH4/c2*1-5-8(3)7(10)9(4)6-2;1-4-7(3)6(8)9-5-2;1-4-6(8)7(3)5-2;1-4-6(2)5(7)8-3;1-4-6(3)5(2)7;1-4-6(3)5-2;1-3-5(6)4-2;2*1-3-5-4-2;;;;;;;;;;/h2*5-6H2,1-4H3;4-5H2,1-3H3;4-5H2,1-3H3;4H2,1-3H3;4H2,1-3H3;4-5H2,1-3H3;3-4H2,1-2H3;2*3-4H2,1-2H3;10*1H4. The van der Waals surface area contributed by atoms with E-state index >= 15 is 0 Å². The first-order chi connectivity index (χ1) is 34.5. The molecule has 0 saturated heterocycles. The monoisotopic (exact) mass is 1270 g/mol. The summed E-state index contributed by atoms with van der Waals surface area (Å²) in [6, 6.07) is 0.0880. The van der Waals surface area contributed by atoms with E-state index in [9.17, 15) is 28.8 Å². The van der Waals surface area contributed by atoms with Crippen molar-refractivity contribution in [3.8, 4) is 0 Å². The summed E-state index contributed by atoms with van der Waals surface area (Å²) in [7, 11) is 18.1. The van der Waals surface area contributed by atoms with E-state index in [1.807, 2.05) is 109 Å². The number of Topliss-reactive ketones (excluding diaryl/α,β-unsaturated/α-hetero) is 1. The number of hydrogen-bond acceptors (Lipinski definition) is 12. The van der Waals surface area contributed by atoms with Gasteiger partial charge in [0, 0.05) is 148 Å². The molecule has 84 heavy (non-hydrogen) atoms. The summed E-state index contributed by atoms with van der Waals surface area (Å²) in [5.41, 5.74) is 0. The molecule has 0 aromatic rings. The van der Waals surface area contributed by atoms with Crippen molar-refractivity contribution in [3.63, 3.8) is 0 Å². The first-order valence-electron chi connectivity index (χ1n) is 27.0. The van der Waals surface area contributed by atoms with Crippen molar-refractivity contribution in [3.05, 3.63) is 0 Å². The molecule has 0 radical (unpaired) electrons. The number of ether oxygens (including phenoxy) is 3. The number of hydrogen-bond donors (Lipinski definition) is 0. The number of urea groups is 1. The van der Waals surface area contributed by atoms with Crippen LogP contribution in [0, 0.1) is 0 Å². The molecular formula is C64H163N9O9S2. The molecule has 0 aromatic carbocycles. The van der Waals surface area contributed by atoms with Crippen LogP contribution in [-0.2, 0) is 28.6 Å². The predicted molar refractivity (Wildman–Crippen MR) is 392 cm³/mol. The Kier molecular flexibility index (Phi) is 183. The van der Waals surface area contributed by atoms with Crippen LogP contribution in [0.15, 0.2) is 0 Å². The maximum Gasteiger partial charge on any atom is 0.409 e. The molecule has 20 heteroatoms. The van der Waals surface area contributed by atoms with Crippen molar-refractivity contribution in [2.24, 2.45) is 0 Å². The second kappa shape index (κ2) is 111. The van der Waals surface area contributed by atoms with Crippen LogP contribution in [0.5, 0.6) is 0 Å². The van der Waals surface area contributed by atoms with E-state index in [4.69, 9.17) is 17.0 Å². The van der Waals surface area contributed by atoms with Crippen LogP contribution in [-0.4, -0.2) is 252 Å². The Morgan fingerprint density at radius 3 is 0.762 bits per heavy atom. The normalized spacial score (nSPS) is 7.79. The van der Waals surface area contributed by atoms with Gasteiger partial charge in [-0.2, -0.15) is 11.8 Å². The highest BCUT2D eigenvalue weighted by Gasteiger charge is 2.09. The summed E-state index contributed by atoms with van der Waals surface area (Å²) < 4.78 is 13.9. The second-order valence-electron chi connectivity index (χ2n) is 15.4. The van der Waals surface area contributed by atoms with Crippen LogP contribution in [0.4, 0.5) is 14.4 Å². The lowest BCUT2D eigenvalue weighted by molar-refractivity contribution is -0.129. The molecule has 0 rings (SSSR count). The molecule has 0 atom stereocenters. The van der Waals surface area contributed by atoms with Crippen LogP contribution in [0.1, 0.15) is 225 Å². The van der Waals surface area contributed by atoms with Gasteiger partial charge in [-0.25, -0.2) is 14.4 Å². The topological polar surface area (TPSA) is 159 Å². The lowest BCUT2D eigenvalue weighted by Crippen LogP contribution is -2.38. The highest BCUT2D eigenvalue weighted by Crippen LogP contribution is 1.94. The fourth-order valence-corrected chi connectivity index (χ4v) is 3.99. The van der Waals surface area contributed by atoms with Gasteiger partial charge in [0.15, 0.2) is 5.11 Å². The number of thiocarbonyl (C=S) groups is 1. The average Bonchev–Trinajstić information content (AvgIpc) is 3.43. The molecule has 18 nitrogen and oxygen atoms in total. The first kappa shape index (κ1) is 139. The van der Waals surface area contributed by atoms with E-state index in [0.717, 1.165) is 70.7 Å². The number of methoxy groups -OCH3 is 1. The molecule has 0 fully saturated rings. The molecule has 6 amide bonds. The Balaban J connectivity index is -0.0000000299. The number of rotatable bonds is 18. The summed E-state index contributed by atoms with van der Waals surface area (Å²) in [5, 5.41) is 0.921. The van der Waals surface area contributed by atoms with Crippen molar-refractivity contribution in [1.29, 1.82) is 0 Å². The maximum atomic E-state index is 11.2. The summed E-state index contributed by atoms with van der Waals surface area (Å²) in [6.07, 6.45) is 1.46. The molecule has 0 aliphatic rings. The molecular weight excluding hydrogens is 1100 g/mol. The Bertz CT molecular complexity index is 1160. The van der Waals surface area contributed by atoms with Gasteiger partial charge in [0.05, 0.1) is 13.7 Å². The number of carbonyl (C=O) groups excluding carboxylic acids is 6. The van der Waals surface area contributed by atoms with Crippen LogP contribution in [0.2, 0.25) is 0 Å².